The Bertz CT molecular complexity index is 455. The van der Waals surface area contributed by atoms with E-state index >= 15 is 0 Å². The van der Waals surface area contributed by atoms with Gasteiger partial charge >= 0.3 is 94.2 Å². The molecule has 0 aliphatic carbocycles. The third-order valence-electron chi connectivity index (χ3n) is 1.66. The van der Waals surface area contributed by atoms with Crippen LogP contribution in [0.15, 0.2) is 18.1 Å². The zero-order valence-corrected chi connectivity index (χ0v) is 14.3. The summed E-state index contributed by atoms with van der Waals surface area (Å²) in [5.74, 6) is 0. The van der Waals surface area contributed by atoms with Crippen LogP contribution < -0.4 is 0 Å². The van der Waals surface area contributed by atoms with Gasteiger partial charge in [-0.3, -0.25) is 0 Å². The van der Waals surface area contributed by atoms with Crippen LogP contribution in [0.2, 0.25) is 0 Å². The van der Waals surface area contributed by atoms with Gasteiger partial charge in [0.25, 0.3) is 0 Å². The summed E-state index contributed by atoms with van der Waals surface area (Å²) >= 11 is 0. The van der Waals surface area contributed by atoms with Gasteiger partial charge in [-0.15, -0.1) is 0 Å². The molecule has 0 aromatic rings. The molecule has 0 spiro atoms. The molecular formula is C7H22N4P4. The van der Waals surface area contributed by atoms with Gasteiger partial charge in [0.1, 0.15) is 0 Å². The molecule has 1 aliphatic heterocycles. The molecule has 0 saturated heterocycles. The molecule has 1 rings (SSSR count). The Morgan fingerprint density at radius 3 is 2.07 bits per heavy atom. The van der Waals surface area contributed by atoms with Crippen molar-refractivity contribution in [3.63, 3.8) is 0 Å². The van der Waals surface area contributed by atoms with Gasteiger partial charge < -0.3 is 0 Å². The van der Waals surface area contributed by atoms with Crippen LogP contribution in [0.5, 0.6) is 0 Å². The normalized spacial score (nSPS) is 33.9. The Morgan fingerprint density at radius 2 is 1.53 bits per heavy atom. The minimum atomic E-state index is -1.78. The molecule has 0 amide bonds. The Morgan fingerprint density at radius 1 is 1.00 bits per heavy atom. The first-order valence-electron chi connectivity index (χ1n) is 4.88. The monoisotopic (exact) mass is 286 g/mol. The Hall–Kier alpha value is 0.790. The maximum atomic E-state index is 4.95. The summed E-state index contributed by atoms with van der Waals surface area (Å²) in [5.41, 5.74) is 0. The molecule has 15 heavy (non-hydrogen) atoms. The van der Waals surface area contributed by atoms with Crippen molar-refractivity contribution in [3.05, 3.63) is 0 Å². The van der Waals surface area contributed by atoms with Crippen molar-refractivity contribution in [2.45, 2.75) is 0 Å². The minimum absolute atomic E-state index is 0.561. The summed E-state index contributed by atoms with van der Waals surface area (Å²) < 4.78 is 19.5. The number of nitrogens with zero attached hydrogens (tertiary/aromatic N) is 4. The predicted molar refractivity (Wildman–Crippen MR) is 80.3 cm³/mol. The zero-order valence-electron chi connectivity index (χ0n) is 10.6. The second-order valence-corrected chi connectivity index (χ2v) is 17.4. The van der Waals surface area contributed by atoms with Gasteiger partial charge in [-0.05, 0) is 0 Å². The van der Waals surface area contributed by atoms with E-state index in [4.69, 9.17) is 18.1 Å². The second kappa shape index (κ2) is 4.23. The fourth-order valence-corrected chi connectivity index (χ4v) is 18.4. The molecule has 0 N–H and O–H groups in total. The summed E-state index contributed by atoms with van der Waals surface area (Å²) in [4.78, 5) is 0. The summed E-state index contributed by atoms with van der Waals surface area (Å²) in [5, 5.41) is 0. The molecule has 4 nitrogen and oxygen atoms in total. The SMILES string of the molecule is C/P1=N/P(C)(C)=NP(C)(C)=N[PH](C)(C)/N=1. The Kier molecular flexibility index (Phi) is 3.91. The summed E-state index contributed by atoms with van der Waals surface area (Å²) in [7, 11) is -5.31. The van der Waals surface area contributed by atoms with Crippen molar-refractivity contribution < 1.29 is 0 Å². The van der Waals surface area contributed by atoms with Crippen LogP contribution in [-0.4, -0.2) is 46.7 Å². The van der Waals surface area contributed by atoms with Crippen molar-refractivity contribution in [1.82, 2.24) is 0 Å². The van der Waals surface area contributed by atoms with Gasteiger partial charge in [0.15, 0.2) is 0 Å². The van der Waals surface area contributed by atoms with Crippen LogP contribution in [0.25, 0.3) is 0 Å². The summed E-state index contributed by atoms with van der Waals surface area (Å²) in [6.45, 7) is 15.2. The third kappa shape index (κ3) is 4.66. The van der Waals surface area contributed by atoms with E-state index in [1.165, 1.54) is 0 Å². The quantitative estimate of drug-likeness (QED) is 0.558. The third-order valence-corrected chi connectivity index (χ3v) is 15.0. The average molecular weight is 286 g/mol. The van der Waals surface area contributed by atoms with Crippen LogP contribution in [0, 0.1) is 0 Å². The van der Waals surface area contributed by atoms with E-state index in [1.807, 2.05) is 0 Å². The number of hydrogen-bond acceptors (Lipinski definition) is 4. The predicted octanol–water partition coefficient (Wildman–Crippen LogP) is 5.07. The zero-order chi connectivity index (χ0) is 11.9. The van der Waals surface area contributed by atoms with Gasteiger partial charge in [-0.2, -0.15) is 0 Å². The average Bonchev–Trinajstić information content (AvgIpc) is 1.71. The second-order valence-electron chi connectivity index (χ2n) is 5.04. The van der Waals surface area contributed by atoms with E-state index in [1.54, 1.807) is 0 Å². The van der Waals surface area contributed by atoms with E-state index in [0.717, 1.165) is 0 Å². The molecule has 90 valence electrons. The summed E-state index contributed by atoms with van der Waals surface area (Å²) in [6.07, 6.45) is 0. The molecule has 0 aromatic heterocycles. The van der Waals surface area contributed by atoms with Crippen molar-refractivity contribution in [2.24, 2.45) is 18.1 Å². The van der Waals surface area contributed by atoms with Crippen LogP contribution >= 0.6 is 29.5 Å². The molecule has 0 bridgehead atoms. The van der Waals surface area contributed by atoms with E-state index in [2.05, 4.69) is 46.7 Å². The van der Waals surface area contributed by atoms with Crippen LogP contribution in [0.4, 0.5) is 0 Å². The summed E-state index contributed by atoms with van der Waals surface area (Å²) in [6, 6.07) is 0. The first kappa shape index (κ1) is 13.9. The van der Waals surface area contributed by atoms with Crippen molar-refractivity contribution in [1.29, 1.82) is 0 Å². The van der Waals surface area contributed by atoms with E-state index < -0.39 is 29.5 Å². The molecule has 1 unspecified atom stereocenters. The molecule has 0 aromatic carbocycles. The van der Waals surface area contributed by atoms with Crippen molar-refractivity contribution >= 4 is 29.5 Å². The molecule has 1 atom stereocenters. The first-order valence-corrected chi connectivity index (χ1v) is 14.6. The Balaban J connectivity index is 3.53. The fraction of sp³-hybridized carbons (Fsp3) is 1.00. The van der Waals surface area contributed by atoms with E-state index in [0.29, 0.717) is 0 Å². The molecule has 8 heteroatoms. The standard InChI is InChI=1S/C7H22N4P4/c1-12-8-13(2,3)10-15(6,7)11-14(4,5)9-12/h13H,1-7H3. The van der Waals surface area contributed by atoms with Crippen LogP contribution in [-0.2, 0) is 0 Å². The first-order chi connectivity index (χ1) is 6.52. The van der Waals surface area contributed by atoms with E-state index in [9.17, 15) is 0 Å². The number of hydrogen-bond donors (Lipinski definition) is 0. The molecular weight excluding hydrogens is 264 g/mol. The molecule has 1 aliphatic rings. The topological polar surface area (TPSA) is 49.4 Å². The van der Waals surface area contributed by atoms with Crippen LogP contribution in [0.1, 0.15) is 0 Å². The fourth-order valence-electron chi connectivity index (χ4n) is 1.88. The van der Waals surface area contributed by atoms with Gasteiger partial charge in [0.2, 0.25) is 0 Å². The maximum absolute atomic E-state index is 4.95. The molecule has 0 radical (unpaired) electrons. The van der Waals surface area contributed by atoms with Crippen molar-refractivity contribution in [3.8, 4) is 0 Å². The Labute approximate surface area is 94.5 Å². The van der Waals surface area contributed by atoms with Gasteiger partial charge in [0, 0.05) is 0 Å². The van der Waals surface area contributed by atoms with Gasteiger partial charge in [-0.1, -0.05) is 0 Å². The molecule has 1 heterocycles. The number of rotatable bonds is 0. The van der Waals surface area contributed by atoms with Gasteiger partial charge in [0.05, 0.1) is 0 Å². The molecule has 0 fully saturated rings. The van der Waals surface area contributed by atoms with Crippen molar-refractivity contribution in [2.75, 3.05) is 46.7 Å². The van der Waals surface area contributed by atoms with E-state index in [-0.39, 0.29) is 0 Å². The van der Waals surface area contributed by atoms with Crippen LogP contribution in [0.3, 0.4) is 0 Å². The molecule has 0 saturated carbocycles. The van der Waals surface area contributed by atoms with Gasteiger partial charge in [-0.25, -0.2) is 0 Å².